The second-order valence-electron chi connectivity index (χ2n) is 6.34. The molecule has 0 aliphatic rings. The van der Waals surface area contributed by atoms with Crippen LogP contribution in [0.15, 0.2) is 24.3 Å². The molecule has 1 rings (SSSR count). The van der Waals surface area contributed by atoms with E-state index < -0.39 is 13.4 Å². The molecule has 0 radical (unpaired) electrons. The van der Waals surface area contributed by atoms with E-state index in [1.165, 1.54) is 14.2 Å². The summed E-state index contributed by atoms with van der Waals surface area (Å²) in [7, 11) is 1.11. The molecule has 0 saturated heterocycles. The number of benzene rings is 1. The number of ether oxygens (including phenoxy) is 1. The predicted molar refractivity (Wildman–Crippen MR) is 89.4 cm³/mol. The molecule has 0 aromatic heterocycles. The first-order valence-electron chi connectivity index (χ1n) is 7.29. The van der Waals surface area contributed by atoms with E-state index in [9.17, 15) is 4.57 Å². The van der Waals surface area contributed by atoms with Crippen molar-refractivity contribution in [3.63, 3.8) is 0 Å². The van der Waals surface area contributed by atoms with Gasteiger partial charge in [0.15, 0.2) is 0 Å². The highest BCUT2D eigenvalue weighted by atomic mass is 31.2. The van der Waals surface area contributed by atoms with Crippen LogP contribution in [0.25, 0.3) is 0 Å². The van der Waals surface area contributed by atoms with E-state index in [-0.39, 0.29) is 11.5 Å². The van der Waals surface area contributed by atoms with Gasteiger partial charge in [-0.1, -0.05) is 32.9 Å². The van der Waals surface area contributed by atoms with E-state index in [1.54, 1.807) is 7.11 Å². The average molecular weight is 329 g/mol. The highest BCUT2D eigenvalue weighted by molar-refractivity contribution is 7.54. The van der Waals surface area contributed by atoms with E-state index in [1.807, 2.05) is 24.3 Å². The fraction of sp³-hybridized carbons (Fsp3) is 0.625. The van der Waals surface area contributed by atoms with E-state index in [0.29, 0.717) is 0 Å². The van der Waals surface area contributed by atoms with Crippen LogP contribution in [-0.2, 0) is 13.6 Å². The number of methoxy groups -OCH3 is 1. The second kappa shape index (κ2) is 7.60. The Morgan fingerprint density at radius 2 is 1.55 bits per heavy atom. The van der Waals surface area contributed by atoms with Gasteiger partial charge in [0, 0.05) is 20.3 Å². The molecule has 1 aromatic rings. The molecule has 0 saturated carbocycles. The van der Waals surface area contributed by atoms with Crippen LogP contribution in [0, 0.1) is 5.41 Å². The Kier molecular flexibility index (Phi) is 6.63. The summed E-state index contributed by atoms with van der Waals surface area (Å²) in [6.07, 6.45) is 0. The van der Waals surface area contributed by atoms with Gasteiger partial charge in [-0.15, -0.1) is 0 Å². The standard InChI is InChI=1S/C16H28NO4P/c1-12(16(2,3)4)17-15(22(18,20-6)21-7)13-8-10-14(19-5)11-9-13/h8-12,15,17H,1-7H3/t12-,15?/m0/s1. The quantitative estimate of drug-likeness (QED) is 0.760. The van der Waals surface area contributed by atoms with Gasteiger partial charge in [-0.2, -0.15) is 0 Å². The van der Waals surface area contributed by atoms with Crippen molar-refractivity contribution in [3.05, 3.63) is 29.8 Å². The van der Waals surface area contributed by atoms with Crippen LogP contribution < -0.4 is 10.1 Å². The monoisotopic (exact) mass is 329 g/mol. The van der Waals surface area contributed by atoms with Crippen LogP contribution >= 0.6 is 7.60 Å². The molecule has 0 aliphatic heterocycles. The van der Waals surface area contributed by atoms with Gasteiger partial charge in [-0.25, -0.2) is 0 Å². The van der Waals surface area contributed by atoms with E-state index >= 15 is 0 Å². The Balaban J connectivity index is 3.18. The van der Waals surface area contributed by atoms with Crippen LogP contribution in [0.5, 0.6) is 5.75 Å². The van der Waals surface area contributed by atoms with Crippen molar-refractivity contribution in [3.8, 4) is 5.75 Å². The molecule has 2 atom stereocenters. The van der Waals surface area contributed by atoms with Gasteiger partial charge >= 0.3 is 7.60 Å². The first kappa shape index (κ1) is 19.2. The zero-order valence-corrected chi connectivity index (χ0v) is 15.4. The maximum atomic E-state index is 12.9. The molecule has 1 unspecified atom stereocenters. The normalized spacial score (nSPS) is 15.4. The molecule has 1 aromatic carbocycles. The van der Waals surface area contributed by atoms with Gasteiger partial charge in [-0.05, 0) is 30.0 Å². The molecule has 0 fully saturated rings. The van der Waals surface area contributed by atoms with Gasteiger partial charge in [0.2, 0.25) is 0 Å². The van der Waals surface area contributed by atoms with Gasteiger partial charge in [-0.3, -0.25) is 9.88 Å². The van der Waals surface area contributed by atoms with E-state index in [4.69, 9.17) is 13.8 Å². The van der Waals surface area contributed by atoms with Gasteiger partial charge in [0.05, 0.1) is 7.11 Å². The Labute approximate surface area is 133 Å². The van der Waals surface area contributed by atoms with Crippen LogP contribution in [0.1, 0.15) is 39.0 Å². The number of hydrogen-bond acceptors (Lipinski definition) is 5. The summed E-state index contributed by atoms with van der Waals surface area (Å²) in [5, 5.41) is 3.40. The highest BCUT2D eigenvalue weighted by Crippen LogP contribution is 2.59. The molecule has 0 heterocycles. The lowest BCUT2D eigenvalue weighted by Crippen LogP contribution is -2.40. The van der Waals surface area contributed by atoms with Crippen molar-refractivity contribution in [2.24, 2.45) is 5.41 Å². The minimum absolute atomic E-state index is 0.0109. The fourth-order valence-electron chi connectivity index (χ4n) is 1.93. The molecule has 0 spiro atoms. The second-order valence-corrected chi connectivity index (χ2v) is 8.66. The zero-order chi connectivity index (χ0) is 17.0. The first-order chi connectivity index (χ1) is 10.2. The number of rotatable bonds is 7. The Morgan fingerprint density at radius 3 is 1.91 bits per heavy atom. The number of hydrogen-bond donors (Lipinski definition) is 1. The van der Waals surface area contributed by atoms with Crippen molar-refractivity contribution in [1.29, 1.82) is 0 Å². The van der Waals surface area contributed by atoms with Crippen molar-refractivity contribution in [2.75, 3.05) is 21.3 Å². The fourth-order valence-corrected chi connectivity index (χ4v) is 3.44. The molecule has 0 bridgehead atoms. The molecule has 5 nitrogen and oxygen atoms in total. The minimum Gasteiger partial charge on any atom is -0.497 e. The summed E-state index contributed by atoms with van der Waals surface area (Å²) in [4.78, 5) is 0. The predicted octanol–water partition coefficient (Wildman–Crippen LogP) is 4.20. The highest BCUT2D eigenvalue weighted by Gasteiger charge is 2.38. The van der Waals surface area contributed by atoms with Crippen molar-refractivity contribution in [1.82, 2.24) is 5.32 Å². The summed E-state index contributed by atoms with van der Waals surface area (Å²) in [6, 6.07) is 7.52. The summed E-state index contributed by atoms with van der Waals surface area (Å²) in [5.74, 6) is 0.207. The minimum atomic E-state index is -3.31. The number of nitrogens with one attached hydrogen (secondary N) is 1. The maximum Gasteiger partial charge on any atom is 0.351 e. The molecule has 22 heavy (non-hydrogen) atoms. The third-order valence-electron chi connectivity index (χ3n) is 3.96. The summed E-state index contributed by atoms with van der Waals surface area (Å²) in [5.41, 5.74) is 0.848. The zero-order valence-electron chi connectivity index (χ0n) is 14.5. The molecule has 0 aliphatic carbocycles. The topological polar surface area (TPSA) is 56.8 Å². The molecule has 1 N–H and O–H groups in total. The third-order valence-corrected chi connectivity index (χ3v) is 6.06. The van der Waals surface area contributed by atoms with E-state index in [0.717, 1.165) is 11.3 Å². The molecule has 6 heteroatoms. The lowest BCUT2D eigenvalue weighted by molar-refractivity contribution is 0.233. The summed E-state index contributed by atoms with van der Waals surface area (Å²) in [6.45, 7) is 8.44. The third kappa shape index (κ3) is 4.56. The van der Waals surface area contributed by atoms with Crippen molar-refractivity contribution in [2.45, 2.75) is 39.5 Å². The van der Waals surface area contributed by atoms with Gasteiger partial charge < -0.3 is 13.8 Å². The lowest BCUT2D eigenvalue weighted by Gasteiger charge is -2.34. The lowest BCUT2D eigenvalue weighted by atomic mass is 9.88. The molecule has 0 amide bonds. The Morgan fingerprint density at radius 1 is 1.05 bits per heavy atom. The van der Waals surface area contributed by atoms with Crippen LogP contribution in [0.2, 0.25) is 0 Å². The summed E-state index contributed by atoms with van der Waals surface area (Å²) >= 11 is 0. The molecule has 126 valence electrons. The average Bonchev–Trinajstić information content (AvgIpc) is 2.50. The van der Waals surface area contributed by atoms with Crippen LogP contribution in [-0.4, -0.2) is 27.4 Å². The largest absolute Gasteiger partial charge is 0.497 e. The van der Waals surface area contributed by atoms with Gasteiger partial charge in [0.1, 0.15) is 11.5 Å². The molecular formula is C16H28NO4P. The van der Waals surface area contributed by atoms with Gasteiger partial charge in [0.25, 0.3) is 0 Å². The SMILES string of the molecule is COc1ccc(C(N[C@@H](C)C(C)(C)C)P(=O)(OC)OC)cc1. The van der Waals surface area contributed by atoms with Crippen LogP contribution in [0.4, 0.5) is 0 Å². The van der Waals surface area contributed by atoms with Crippen molar-refractivity contribution >= 4 is 7.60 Å². The Bertz CT molecular complexity index is 502. The van der Waals surface area contributed by atoms with Crippen LogP contribution in [0.3, 0.4) is 0 Å². The van der Waals surface area contributed by atoms with E-state index in [2.05, 4.69) is 33.0 Å². The Hall–Kier alpha value is -0.870. The molecular weight excluding hydrogens is 301 g/mol. The maximum absolute atomic E-state index is 12.9. The smallest absolute Gasteiger partial charge is 0.351 e. The summed E-state index contributed by atoms with van der Waals surface area (Å²) < 4.78 is 28.5. The first-order valence-corrected chi connectivity index (χ1v) is 8.90. The van der Waals surface area contributed by atoms with Crippen molar-refractivity contribution < 1.29 is 18.3 Å².